The smallest absolute Gasteiger partial charge is 0.321 e. The van der Waals surface area contributed by atoms with Crippen molar-refractivity contribution in [2.45, 2.75) is 50.7 Å². The Morgan fingerprint density at radius 1 is 1.21 bits per heavy atom. The van der Waals surface area contributed by atoms with Crippen LogP contribution in [0.3, 0.4) is 0 Å². The van der Waals surface area contributed by atoms with Crippen molar-refractivity contribution in [3.05, 3.63) is 29.8 Å². The van der Waals surface area contributed by atoms with Gasteiger partial charge in [0.05, 0.1) is 5.75 Å². The van der Waals surface area contributed by atoms with E-state index in [4.69, 9.17) is 0 Å². The molecule has 0 bridgehead atoms. The minimum atomic E-state index is -0.414. The molecule has 0 radical (unpaired) electrons. The molecule has 2 aromatic rings. The topological polar surface area (TPSA) is 88.9 Å². The van der Waals surface area contributed by atoms with Crippen LogP contribution in [0.1, 0.15) is 38.2 Å². The summed E-state index contributed by atoms with van der Waals surface area (Å²) >= 11 is 1.26. The molecule has 1 saturated carbocycles. The summed E-state index contributed by atoms with van der Waals surface area (Å²) in [6.07, 6.45) is 4.41. The highest BCUT2D eigenvalue weighted by Crippen LogP contribution is 2.25. The first-order chi connectivity index (χ1) is 13.5. The summed E-state index contributed by atoms with van der Waals surface area (Å²) in [5, 5.41) is 14.4. The van der Waals surface area contributed by atoms with Crippen molar-refractivity contribution in [2.24, 2.45) is 13.0 Å². The highest BCUT2D eigenvalue weighted by molar-refractivity contribution is 7.99. The Labute approximate surface area is 169 Å². The summed E-state index contributed by atoms with van der Waals surface area (Å²) in [6.45, 7) is 4.16. The molecule has 1 aliphatic carbocycles. The zero-order chi connectivity index (χ0) is 20.1. The lowest BCUT2D eigenvalue weighted by atomic mass is 9.86. The van der Waals surface area contributed by atoms with Gasteiger partial charge in [-0.3, -0.25) is 10.1 Å². The molecule has 28 heavy (non-hydrogen) atoms. The Morgan fingerprint density at radius 3 is 2.71 bits per heavy atom. The lowest BCUT2D eigenvalue weighted by Gasteiger charge is -2.29. The maximum absolute atomic E-state index is 12.1. The van der Waals surface area contributed by atoms with Crippen LogP contribution in [-0.2, 0) is 11.8 Å². The summed E-state index contributed by atoms with van der Waals surface area (Å²) in [5.74, 6) is 0.965. The van der Waals surface area contributed by atoms with Crippen molar-refractivity contribution >= 4 is 23.7 Å². The van der Waals surface area contributed by atoms with Crippen LogP contribution in [-0.4, -0.2) is 38.5 Å². The number of amides is 3. The largest absolute Gasteiger partial charge is 0.335 e. The van der Waals surface area contributed by atoms with Crippen molar-refractivity contribution in [2.75, 3.05) is 5.75 Å². The second-order valence-corrected chi connectivity index (χ2v) is 8.30. The Morgan fingerprint density at radius 2 is 1.96 bits per heavy atom. The number of carbonyl (C=O) groups excluding carboxylic acids is 2. The van der Waals surface area contributed by atoms with Gasteiger partial charge in [0, 0.05) is 18.7 Å². The maximum Gasteiger partial charge on any atom is 0.321 e. The molecule has 1 heterocycles. The maximum atomic E-state index is 12.1. The monoisotopic (exact) mass is 401 g/mol. The number of urea groups is 1. The van der Waals surface area contributed by atoms with Gasteiger partial charge in [0.25, 0.3) is 0 Å². The average molecular weight is 402 g/mol. The Kier molecular flexibility index (Phi) is 6.72. The van der Waals surface area contributed by atoms with Gasteiger partial charge < -0.3 is 9.88 Å². The Balaban J connectivity index is 1.52. The minimum Gasteiger partial charge on any atom is -0.335 e. The van der Waals surface area contributed by atoms with E-state index in [9.17, 15) is 9.59 Å². The number of hydrogen-bond donors (Lipinski definition) is 2. The molecule has 2 N–H and O–H groups in total. The van der Waals surface area contributed by atoms with Crippen LogP contribution in [0.4, 0.5) is 4.79 Å². The van der Waals surface area contributed by atoms with E-state index in [1.807, 2.05) is 42.8 Å². The third kappa shape index (κ3) is 4.92. The van der Waals surface area contributed by atoms with Crippen LogP contribution in [0, 0.1) is 12.8 Å². The number of imide groups is 1. The molecule has 8 heteroatoms. The van der Waals surface area contributed by atoms with Gasteiger partial charge in [-0.25, -0.2) is 4.79 Å². The van der Waals surface area contributed by atoms with Gasteiger partial charge in [-0.2, -0.15) is 0 Å². The number of carbonyl (C=O) groups is 2. The van der Waals surface area contributed by atoms with Gasteiger partial charge in [0.1, 0.15) is 0 Å². The molecule has 1 fully saturated rings. The molecule has 3 amide bonds. The highest BCUT2D eigenvalue weighted by Gasteiger charge is 2.23. The fourth-order valence-electron chi connectivity index (χ4n) is 3.53. The van der Waals surface area contributed by atoms with Gasteiger partial charge >= 0.3 is 6.03 Å². The number of hydrogen-bond acceptors (Lipinski definition) is 5. The number of aryl methyl sites for hydroxylation is 1. The summed E-state index contributed by atoms with van der Waals surface area (Å²) in [5.41, 5.74) is 2.12. The van der Waals surface area contributed by atoms with Crippen molar-refractivity contribution < 1.29 is 9.59 Å². The fourth-order valence-corrected chi connectivity index (χ4v) is 4.24. The van der Waals surface area contributed by atoms with E-state index in [0.717, 1.165) is 36.2 Å². The molecular formula is C20H27N5O2S. The molecule has 1 aliphatic rings. The van der Waals surface area contributed by atoms with Crippen molar-refractivity contribution in [1.82, 2.24) is 25.4 Å². The Bertz CT molecular complexity index is 851. The molecule has 3 rings (SSSR count). The fraction of sp³-hybridized carbons (Fsp3) is 0.500. The number of nitrogens with zero attached hydrogens (tertiary/aromatic N) is 3. The second kappa shape index (κ2) is 9.23. The van der Waals surface area contributed by atoms with Crippen molar-refractivity contribution in [1.29, 1.82) is 0 Å². The minimum absolute atomic E-state index is 0.105. The van der Waals surface area contributed by atoms with Crippen LogP contribution in [0.25, 0.3) is 11.4 Å². The predicted molar refractivity (Wildman–Crippen MR) is 110 cm³/mol. The van der Waals surface area contributed by atoms with E-state index in [0.29, 0.717) is 11.1 Å². The quantitative estimate of drug-likeness (QED) is 0.751. The van der Waals surface area contributed by atoms with Crippen LogP contribution < -0.4 is 10.6 Å². The Hall–Kier alpha value is -2.35. The first-order valence-corrected chi connectivity index (χ1v) is 10.6. The lowest BCUT2D eigenvalue weighted by molar-refractivity contribution is -0.117. The molecule has 2 unspecified atom stereocenters. The van der Waals surface area contributed by atoms with Crippen LogP contribution >= 0.6 is 11.8 Å². The number of thioether (sulfide) groups is 1. The van der Waals surface area contributed by atoms with Gasteiger partial charge in [-0.15, -0.1) is 10.2 Å². The number of benzene rings is 1. The van der Waals surface area contributed by atoms with E-state index >= 15 is 0 Å². The molecule has 150 valence electrons. The lowest BCUT2D eigenvalue weighted by Crippen LogP contribution is -2.48. The summed E-state index contributed by atoms with van der Waals surface area (Å²) < 4.78 is 1.87. The summed E-state index contributed by atoms with van der Waals surface area (Å²) in [6, 6.07) is 7.69. The van der Waals surface area contributed by atoms with Crippen LogP contribution in [0.5, 0.6) is 0 Å². The molecule has 1 aromatic carbocycles. The first kappa shape index (κ1) is 20.4. The highest BCUT2D eigenvalue weighted by atomic mass is 32.2. The van der Waals surface area contributed by atoms with E-state index < -0.39 is 6.03 Å². The van der Waals surface area contributed by atoms with Gasteiger partial charge in [-0.1, -0.05) is 55.8 Å². The third-order valence-corrected chi connectivity index (χ3v) is 6.25. The molecule has 2 atom stereocenters. The van der Waals surface area contributed by atoms with E-state index in [-0.39, 0.29) is 17.7 Å². The van der Waals surface area contributed by atoms with E-state index in [1.165, 1.54) is 18.2 Å². The molecule has 1 aromatic heterocycles. The number of rotatable bonds is 5. The first-order valence-electron chi connectivity index (χ1n) is 9.64. The van der Waals surface area contributed by atoms with Crippen LogP contribution in [0.2, 0.25) is 0 Å². The third-order valence-electron chi connectivity index (χ3n) is 5.23. The molecule has 0 aliphatic heterocycles. The molecule has 7 nitrogen and oxygen atoms in total. The standard InChI is InChI=1S/C20H27N5O2S/c1-13-8-4-6-10-15(13)18-23-24-20(25(18)3)28-12-17(26)22-19(27)21-16-11-7-5-9-14(16)2/h4,6,8,10,14,16H,5,7,9,11-12H2,1-3H3,(H2,21,22,26,27). The van der Waals surface area contributed by atoms with E-state index in [2.05, 4.69) is 27.8 Å². The SMILES string of the molecule is Cc1ccccc1-c1nnc(SCC(=O)NC(=O)NC2CCCCC2C)n1C. The van der Waals surface area contributed by atoms with Crippen molar-refractivity contribution in [3.63, 3.8) is 0 Å². The van der Waals surface area contributed by atoms with Gasteiger partial charge in [-0.05, 0) is 31.2 Å². The predicted octanol–water partition coefficient (Wildman–Crippen LogP) is 3.29. The second-order valence-electron chi connectivity index (χ2n) is 7.36. The molecular weight excluding hydrogens is 374 g/mol. The number of aromatic nitrogens is 3. The van der Waals surface area contributed by atoms with E-state index in [1.54, 1.807) is 0 Å². The zero-order valence-electron chi connectivity index (χ0n) is 16.6. The number of nitrogens with one attached hydrogen (secondary N) is 2. The normalized spacial score (nSPS) is 19.2. The van der Waals surface area contributed by atoms with Gasteiger partial charge in [0.2, 0.25) is 5.91 Å². The average Bonchev–Trinajstić information content (AvgIpc) is 3.03. The zero-order valence-corrected chi connectivity index (χ0v) is 17.4. The van der Waals surface area contributed by atoms with Crippen molar-refractivity contribution in [3.8, 4) is 11.4 Å². The molecule has 0 spiro atoms. The summed E-state index contributed by atoms with van der Waals surface area (Å²) in [4.78, 5) is 24.2. The summed E-state index contributed by atoms with van der Waals surface area (Å²) in [7, 11) is 1.87. The molecule has 0 saturated heterocycles. The van der Waals surface area contributed by atoms with Crippen LogP contribution in [0.15, 0.2) is 29.4 Å². The van der Waals surface area contributed by atoms with Gasteiger partial charge in [0.15, 0.2) is 11.0 Å².